The maximum atomic E-state index is 4.76. The van der Waals surface area contributed by atoms with Gasteiger partial charge in [-0.1, -0.05) is 37.3 Å². The number of nitrogens with zero attached hydrogens (tertiary/aromatic N) is 6. The standard InChI is InChI=1S/C19H22N6/c1-14(2)19-20-10-15-8-9-24(13-18(15)21-19)11-16-12-25(23-22-16)17-6-4-3-5-7-17/h3-7,10,12,14H,8-9,11,13H2,1-2H3. The molecule has 6 heteroatoms. The highest BCUT2D eigenvalue weighted by molar-refractivity contribution is 5.30. The van der Waals surface area contributed by atoms with Gasteiger partial charge in [-0.25, -0.2) is 14.6 Å². The van der Waals surface area contributed by atoms with Crippen LogP contribution in [0.1, 0.15) is 42.5 Å². The SMILES string of the molecule is CC(C)c1ncc2c(n1)CN(Cc1cn(-c3ccccc3)nn1)CC2. The Morgan fingerprint density at radius 1 is 1.16 bits per heavy atom. The summed E-state index contributed by atoms with van der Waals surface area (Å²) in [5.74, 6) is 1.28. The van der Waals surface area contributed by atoms with Crippen LogP contribution in [0.5, 0.6) is 0 Å². The second-order valence-electron chi connectivity index (χ2n) is 6.81. The topological polar surface area (TPSA) is 59.7 Å². The summed E-state index contributed by atoms with van der Waals surface area (Å²) in [6.07, 6.45) is 4.99. The second kappa shape index (κ2) is 6.72. The maximum Gasteiger partial charge on any atom is 0.131 e. The molecule has 0 unspecified atom stereocenters. The predicted octanol–water partition coefficient (Wildman–Crippen LogP) is 2.74. The minimum Gasteiger partial charge on any atom is -0.291 e. The van der Waals surface area contributed by atoms with Crippen LogP contribution < -0.4 is 0 Å². The maximum absolute atomic E-state index is 4.76. The van der Waals surface area contributed by atoms with Crippen molar-refractivity contribution in [3.63, 3.8) is 0 Å². The first-order valence-electron chi connectivity index (χ1n) is 8.73. The van der Waals surface area contributed by atoms with Crippen LogP contribution in [0.4, 0.5) is 0 Å². The quantitative estimate of drug-likeness (QED) is 0.734. The van der Waals surface area contributed by atoms with Gasteiger partial charge in [0.25, 0.3) is 0 Å². The van der Waals surface area contributed by atoms with E-state index in [4.69, 9.17) is 4.98 Å². The second-order valence-corrected chi connectivity index (χ2v) is 6.81. The molecule has 4 rings (SSSR count). The molecule has 1 aromatic carbocycles. The molecule has 0 bridgehead atoms. The van der Waals surface area contributed by atoms with Crippen LogP contribution in [0.25, 0.3) is 5.69 Å². The summed E-state index contributed by atoms with van der Waals surface area (Å²) in [5, 5.41) is 8.57. The van der Waals surface area contributed by atoms with E-state index in [0.717, 1.165) is 49.0 Å². The molecule has 1 aliphatic heterocycles. The fourth-order valence-electron chi connectivity index (χ4n) is 3.09. The molecular weight excluding hydrogens is 312 g/mol. The Morgan fingerprint density at radius 2 is 2.00 bits per heavy atom. The average molecular weight is 334 g/mol. The van der Waals surface area contributed by atoms with Crippen molar-refractivity contribution in [3.05, 3.63) is 65.5 Å². The molecule has 0 spiro atoms. The Balaban J connectivity index is 1.48. The number of benzene rings is 1. The summed E-state index contributed by atoms with van der Waals surface area (Å²) in [4.78, 5) is 11.6. The van der Waals surface area contributed by atoms with Crippen molar-refractivity contribution in [2.75, 3.05) is 6.54 Å². The van der Waals surface area contributed by atoms with Crippen molar-refractivity contribution in [2.24, 2.45) is 0 Å². The van der Waals surface area contributed by atoms with E-state index in [1.807, 2.05) is 47.4 Å². The van der Waals surface area contributed by atoms with E-state index >= 15 is 0 Å². The van der Waals surface area contributed by atoms with E-state index in [-0.39, 0.29) is 0 Å². The number of fused-ring (bicyclic) bond motifs is 1. The van der Waals surface area contributed by atoms with Crippen LogP contribution >= 0.6 is 0 Å². The first-order valence-corrected chi connectivity index (χ1v) is 8.73. The zero-order chi connectivity index (χ0) is 17.2. The first-order chi connectivity index (χ1) is 12.2. The monoisotopic (exact) mass is 334 g/mol. The smallest absolute Gasteiger partial charge is 0.131 e. The molecule has 0 aliphatic carbocycles. The van der Waals surface area contributed by atoms with Gasteiger partial charge in [-0.15, -0.1) is 5.10 Å². The highest BCUT2D eigenvalue weighted by Gasteiger charge is 2.20. The van der Waals surface area contributed by atoms with Gasteiger partial charge in [0.1, 0.15) is 5.82 Å². The molecule has 3 heterocycles. The van der Waals surface area contributed by atoms with Gasteiger partial charge >= 0.3 is 0 Å². The van der Waals surface area contributed by atoms with Crippen molar-refractivity contribution in [1.29, 1.82) is 0 Å². The van der Waals surface area contributed by atoms with Crippen molar-refractivity contribution in [3.8, 4) is 5.69 Å². The van der Waals surface area contributed by atoms with Gasteiger partial charge in [-0.05, 0) is 24.1 Å². The lowest BCUT2D eigenvalue weighted by Gasteiger charge is -2.27. The largest absolute Gasteiger partial charge is 0.291 e. The Hall–Kier alpha value is -2.60. The van der Waals surface area contributed by atoms with Crippen molar-refractivity contribution < 1.29 is 0 Å². The normalized spacial score (nSPS) is 14.7. The number of aromatic nitrogens is 5. The van der Waals surface area contributed by atoms with Gasteiger partial charge < -0.3 is 0 Å². The van der Waals surface area contributed by atoms with Crippen molar-refractivity contribution >= 4 is 0 Å². The molecule has 0 fully saturated rings. The summed E-state index contributed by atoms with van der Waals surface area (Å²) >= 11 is 0. The summed E-state index contributed by atoms with van der Waals surface area (Å²) in [6.45, 7) is 6.88. The minimum atomic E-state index is 0.353. The molecule has 0 saturated heterocycles. The van der Waals surface area contributed by atoms with E-state index in [1.54, 1.807) is 0 Å². The number of rotatable bonds is 4. The lowest BCUT2D eigenvalue weighted by molar-refractivity contribution is 0.237. The van der Waals surface area contributed by atoms with E-state index in [1.165, 1.54) is 5.56 Å². The first kappa shape index (κ1) is 15.9. The van der Waals surface area contributed by atoms with Crippen LogP contribution in [0.15, 0.2) is 42.7 Å². The Kier molecular flexibility index (Phi) is 4.28. The van der Waals surface area contributed by atoms with Crippen LogP contribution in [-0.4, -0.2) is 36.4 Å². The van der Waals surface area contributed by atoms with E-state index in [9.17, 15) is 0 Å². The zero-order valence-electron chi connectivity index (χ0n) is 14.6. The van der Waals surface area contributed by atoms with Crippen LogP contribution in [0, 0.1) is 0 Å². The third-order valence-corrected chi connectivity index (χ3v) is 4.51. The minimum absolute atomic E-state index is 0.353. The number of para-hydroxylation sites is 1. The van der Waals surface area contributed by atoms with Gasteiger partial charge in [0.2, 0.25) is 0 Å². The van der Waals surface area contributed by atoms with Crippen LogP contribution in [0.2, 0.25) is 0 Å². The Bertz CT molecular complexity index is 855. The molecule has 1 aliphatic rings. The Labute approximate surface area is 147 Å². The third kappa shape index (κ3) is 3.44. The molecular formula is C19H22N6. The molecule has 0 radical (unpaired) electrons. The fraction of sp³-hybridized carbons (Fsp3) is 0.368. The van der Waals surface area contributed by atoms with Gasteiger partial charge in [0, 0.05) is 31.7 Å². The van der Waals surface area contributed by atoms with Gasteiger partial charge in [-0.3, -0.25) is 4.90 Å². The molecule has 25 heavy (non-hydrogen) atoms. The highest BCUT2D eigenvalue weighted by Crippen LogP contribution is 2.20. The molecule has 6 nitrogen and oxygen atoms in total. The predicted molar refractivity (Wildman–Crippen MR) is 95.3 cm³/mol. The third-order valence-electron chi connectivity index (χ3n) is 4.51. The molecule has 0 atom stereocenters. The van der Waals surface area contributed by atoms with Gasteiger partial charge in [0.05, 0.1) is 23.3 Å². The molecule has 2 aromatic heterocycles. The van der Waals surface area contributed by atoms with Crippen molar-refractivity contribution in [2.45, 2.75) is 39.3 Å². The summed E-state index contributed by atoms with van der Waals surface area (Å²) < 4.78 is 1.83. The lowest BCUT2D eigenvalue weighted by atomic mass is 10.1. The lowest BCUT2D eigenvalue weighted by Crippen LogP contribution is -2.31. The summed E-state index contributed by atoms with van der Waals surface area (Å²) in [6, 6.07) is 10.1. The summed E-state index contributed by atoms with van der Waals surface area (Å²) in [7, 11) is 0. The van der Waals surface area contributed by atoms with Crippen LogP contribution in [0.3, 0.4) is 0 Å². The van der Waals surface area contributed by atoms with Crippen LogP contribution in [-0.2, 0) is 19.5 Å². The fourth-order valence-corrected chi connectivity index (χ4v) is 3.09. The van der Waals surface area contributed by atoms with E-state index in [0.29, 0.717) is 5.92 Å². The molecule has 128 valence electrons. The number of hydrogen-bond donors (Lipinski definition) is 0. The highest BCUT2D eigenvalue weighted by atomic mass is 15.4. The Morgan fingerprint density at radius 3 is 2.80 bits per heavy atom. The average Bonchev–Trinajstić information content (AvgIpc) is 3.10. The van der Waals surface area contributed by atoms with Crippen molar-refractivity contribution in [1.82, 2.24) is 29.9 Å². The molecule has 0 saturated carbocycles. The van der Waals surface area contributed by atoms with E-state index in [2.05, 4.69) is 34.0 Å². The zero-order valence-corrected chi connectivity index (χ0v) is 14.6. The summed E-state index contributed by atoms with van der Waals surface area (Å²) in [5.41, 5.74) is 4.43. The van der Waals surface area contributed by atoms with E-state index < -0.39 is 0 Å². The molecule has 3 aromatic rings. The number of hydrogen-bond acceptors (Lipinski definition) is 5. The molecule has 0 N–H and O–H groups in total. The molecule has 0 amide bonds. The van der Waals surface area contributed by atoms with Gasteiger partial charge in [0.15, 0.2) is 0 Å². The van der Waals surface area contributed by atoms with Gasteiger partial charge in [-0.2, -0.15) is 0 Å².